The molecule has 14 heavy (non-hydrogen) atoms. The Bertz CT molecular complexity index is 133. The first-order chi connectivity index (χ1) is 6.83. The van der Waals surface area contributed by atoms with Crippen LogP contribution in [-0.2, 0) is 4.74 Å². The molecule has 1 aliphatic carbocycles. The molecule has 1 aliphatic rings. The van der Waals surface area contributed by atoms with Gasteiger partial charge in [-0.25, -0.2) is 0 Å². The molecule has 0 radical (unpaired) electrons. The molecule has 0 heterocycles. The molecule has 0 aliphatic heterocycles. The standard InChI is InChI=1S/C11H22O2S/c1-2-14-9-3-8-13-11-6-4-10(12)5-7-11/h10-12H,2-9H2,1H3. The van der Waals surface area contributed by atoms with Crippen LogP contribution in [0.4, 0.5) is 0 Å². The minimum absolute atomic E-state index is 0.0644. The molecule has 0 aromatic rings. The number of hydrogen-bond donors (Lipinski definition) is 1. The van der Waals surface area contributed by atoms with Crippen molar-refractivity contribution in [3.63, 3.8) is 0 Å². The van der Waals surface area contributed by atoms with Gasteiger partial charge in [-0.2, -0.15) is 11.8 Å². The number of aliphatic hydroxyl groups is 1. The van der Waals surface area contributed by atoms with Crippen LogP contribution in [0.25, 0.3) is 0 Å². The van der Waals surface area contributed by atoms with Gasteiger partial charge in [-0.3, -0.25) is 0 Å². The van der Waals surface area contributed by atoms with E-state index in [4.69, 9.17) is 4.74 Å². The number of rotatable bonds is 6. The largest absolute Gasteiger partial charge is 0.393 e. The van der Waals surface area contributed by atoms with Crippen molar-refractivity contribution in [1.29, 1.82) is 0 Å². The van der Waals surface area contributed by atoms with Crippen molar-refractivity contribution < 1.29 is 9.84 Å². The zero-order chi connectivity index (χ0) is 10.2. The predicted octanol–water partition coefficient (Wildman–Crippen LogP) is 2.45. The molecule has 1 rings (SSSR count). The molecule has 0 saturated heterocycles. The summed E-state index contributed by atoms with van der Waals surface area (Å²) in [5.74, 6) is 2.42. The lowest BCUT2D eigenvalue weighted by atomic mass is 9.95. The third kappa shape index (κ3) is 5.23. The molecule has 84 valence electrons. The Hall–Kier alpha value is 0.270. The van der Waals surface area contributed by atoms with E-state index in [0.717, 1.165) is 38.7 Å². The highest BCUT2D eigenvalue weighted by Gasteiger charge is 2.19. The van der Waals surface area contributed by atoms with Crippen LogP contribution in [0.5, 0.6) is 0 Å². The Labute approximate surface area is 91.4 Å². The molecule has 0 bridgehead atoms. The van der Waals surface area contributed by atoms with Crippen LogP contribution < -0.4 is 0 Å². The van der Waals surface area contributed by atoms with Crippen molar-refractivity contribution in [1.82, 2.24) is 0 Å². The van der Waals surface area contributed by atoms with Crippen LogP contribution in [0, 0.1) is 0 Å². The molecule has 1 fully saturated rings. The van der Waals surface area contributed by atoms with Crippen LogP contribution in [0.2, 0.25) is 0 Å². The van der Waals surface area contributed by atoms with Gasteiger partial charge in [-0.15, -0.1) is 0 Å². The van der Waals surface area contributed by atoms with Gasteiger partial charge in [0.2, 0.25) is 0 Å². The fourth-order valence-corrected chi connectivity index (χ4v) is 2.38. The zero-order valence-corrected chi connectivity index (χ0v) is 9.89. The second-order valence-corrected chi connectivity index (χ2v) is 5.25. The number of thioether (sulfide) groups is 1. The SMILES string of the molecule is CCSCCCOC1CCC(O)CC1. The first kappa shape index (κ1) is 12.3. The van der Waals surface area contributed by atoms with Gasteiger partial charge >= 0.3 is 0 Å². The summed E-state index contributed by atoms with van der Waals surface area (Å²) in [7, 11) is 0. The first-order valence-corrected chi connectivity index (χ1v) is 6.85. The maximum absolute atomic E-state index is 9.31. The van der Waals surface area contributed by atoms with Gasteiger partial charge in [0, 0.05) is 6.61 Å². The summed E-state index contributed by atoms with van der Waals surface area (Å²) in [5.41, 5.74) is 0. The minimum atomic E-state index is -0.0644. The maximum atomic E-state index is 9.31. The summed E-state index contributed by atoms with van der Waals surface area (Å²) < 4.78 is 5.75. The minimum Gasteiger partial charge on any atom is -0.393 e. The second kappa shape index (κ2) is 7.55. The van der Waals surface area contributed by atoms with Crippen molar-refractivity contribution in [2.24, 2.45) is 0 Å². The van der Waals surface area contributed by atoms with Crippen molar-refractivity contribution >= 4 is 11.8 Å². The monoisotopic (exact) mass is 218 g/mol. The Morgan fingerprint density at radius 2 is 2.00 bits per heavy atom. The number of aliphatic hydroxyl groups excluding tert-OH is 1. The van der Waals surface area contributed by atoms with Gasteiger partial charge < -0.3 is 9.84 Å². The van der Waals surface area contributed by atoms with Gasteiger partial charge in [0.1, 0.15) is 0 Å². The molecule has 0 unspecified atom stereocenters. The van der Waals surface area contributed by atoms with Gasteiger partial charge in [0.05, 0.1) is 12.2 Å². The summed E-state index contributed by atoms with van der Waals surface area (Å²) in [6.45, 7) is 3.09. The van der Waals surface area contributed by atoms with Crippen LogP contribution >= 0.6 is 11.8 Å². The average Bonchev–Trinajstić information content (AvgIpc) is 2.21. The van der Waals surface area contributed by atoms with Crippen LogP contribution in [-0.4, -0.2) is 35.4 Å². The molecular weight excluding hydrogens is 196 g/mol. The normalized spacial score (nSPS) is 27.9. The van der Waals surface area contributed by atoms with E-state index in [2.05, 4.69) is 6.92 Å². The number of hydrogen-bond acceptors (Lipinski definition) is 3. The quantitative estimate of drug-likeness (QED) is 0.694. The van der Waals surface area contributed by atoms with Crippen LogP contribution in [0.1, 0.15) is 39.0 Å². The fourth-order valence-electron chi connectivity index (χ4n) is 1.77. The molecule has 1 saturated carbocycles. The predicted molar refractivity (Wildman–Crippen MR) is 61.8 cm³/mol. The van der Waals surface area contributed by atoms with Crippen molar-refractivity contribution in [3.8, 4) is 0 Å². The molecular formula is C11H22O2S. The number of ether oxygens (including phenoxy) is 1. The first-order valence-electron chi connectivity index (χ1n) is 5.70. The smallest absolute Gasteiger partial charge is 0.0577 e. The summed E-state index contributed by atoms with van der Waals surface area (Å²) in [5, 5.41) is 9.31. The maximum Gasteiger partial charge on any atom is 0.0577 e. The van der Waals surface area contributed by atoms with E-state index >= 15 is 0 Å². The van der Waals surface area contributed by atoms with Gasteiger partial charge in [-0.05, 0) is 43.6 Å². The van der Waals surface area contributed by atoms with E-state index in [1.807, 2.05) is 11.8 Å². The summed E-state index contributed by atoms with van der Waals surface area (Å²) in [6.07, 6.45) is 5.46. The topological polar surface area (TPSA) is 29.5 Å². The summed E-state index contributed by atoms with van der Waals surface area (Å²) in [4.78, 5) is 0. The molecule has 0 aromatic carbocycles. The molecule has 1 N–H and O–H groups in total. The summed E-state index contributed by atoms with van der Waals surface area (Å²) >= 11 is 1.98. The molecule has 0 spiro atoms. The van der Waals surface area contributed by atoms with Gasteiger partial charge in [0.25, 0.3) is 0 Å². The van der Waals surface area contributed by atoms with Crippen LogP contribution in [0.3, 0.4) is 0 Å². The highest BCUT2D eigenvalue weighted by atomic mass is 32.2. The summed E-state index contributed by atoms with van der Waals surface area (Å²) in [6, 6.07) is 0. The Kier molecular flexibility index (Phi) is 6.65. The van der Waals surface area contributed by atoms with Gasteiger partial charge in [0.15, 0.2) is 0 Å². The zero-order valence-electron chi connectivity index (χ0n) is 9.08. The lowest BCUT2D eigenvalue weighted by Crippen LogP contribution is -2.24. The van der Waals surface area contributed by atoms with Crippen molar-refractivity contribution in [3.05, 3.63) is 0 Å². The van der Waals surface area contributed by atoms with Crippen LogP contribution in [0.15, 0.2) is 0 Å². The van der Waals surface area contributed by atoms with E-state index in [9.17, 15) is 5.11 Å². The molecule has 0 amide bonds. The third-order valence-electron chi connectivity index (χ3n) is 2.63. The molecule has 0 aromatic heterocycles. The molecule has 0 atom stereocenters. The molecule has 3 heteroatoms. The van der Waals surface area contributed by atoms with E-state index in [-0.39, 0.29) is 6.10 Å². The Morgan fingerprint density at radius 3 is 2.64 bits per heavy atom. The fraction of sp³-hybridized carbons (Fsp3) is 1.00. The average molecular weight is 218 g/mol. The van der Waals surface area contributed by atoms with Gasteiger partial charge in [-0.1, -0.05) is 6.92 Å². The van der Waals surface area contributed by atoms with E-state index in [0.29, 0.717) is 6.10 Å². The van der Waals surface area contributed by atoms with Crippen molar-refractivity contribution in [2.45, 2.75) is 51.2 Å². The lowest BCUT2D eigenvalue weighted by Gasteiger charge is -2.25. The Morgan fingerprint density at radius 1 is 1.29 bits per heavy atom. The van der Waals surface area contributed by atoms with E-state index in [1.165, 1.54) is 11.5 Å². The van der Waals surface area contributed by atoms with E-state index in [1.54, 1.807) is 0 Å². The highest BCUT2D eigenvalue weighted by molar-refractivity contribution is 7.99. The third-order valence-corrected chi connectivity index (χ3v) is 3.62. The lowest BCUT2D eigenvalue weighted by molar-refractivity contribution is -0.00248. The Balaban J connectivity index is 1.91. The van der Waals surface area contributed by atoms with Crippen molar-refractivity contribution in [2.75, 3.05) is 18.1 Å². The molecule has 2 nitrogen and oxygen atoms in total. The van der Waals surface area contributed by atoms with E-state index < -0.39 is 0 Å². The highest BCUT2D eigenvalue weighted by Crippen LogP contribution is 2.21. The second-order valence-electron chi connectivity index (χ2n) is 3.85.